The van der Waals surface area contributed by atoms with E-state index in [0.717, 1.165) is 22.6 Å². The van der Waals surface area contributed by atoms with E-state index in [9.17, 15) is 35.1 Å². The summed E-state index contributed by atoms with van der Waals surface area (Å²) in [5.41, 5.74) is -3.31. The van der Waals surface area contributed by atoms with E-state index in [0.29, 0.717) is 0 Å². The molecule has 0 saturated heterocycles. The molecule has 11 heteroatoms. The summed E-state index contributed by atoms with van der Waals surface area (Å²) < 4.78 is 100. The Bertz CT molecular complexity index is 469. The van der Waals surface area contributed by atoms with Gasteiger partial charge in [-0.05, 0) is 22.6 Å². The summed E-state index contributed by atoms with van der Waals surface area (Å²) in [6, 6.07) is -0.0822. The predicted octanol–water partition coefficient (Wildman–Crippen LogP) is 4.54. The first-order valence-electron chi connectivity index (χ1n) is 4.23. The molecule has 0 spiro atoms. The van der Waals surface area contributed by atoms with Gasteiger partial charge in [0, 0.05) is 6.07 Å². The van der Waals surface area contributed by atoms with Gasteiger partial charge in [-0.3, -0.25) is 0 Å². The van der Waals surface area contributed by atoms with Crippen molar-refractivity contribution in [3.8, 4) is 5.75 Å². The van der Waals surface area contributed by atoms with Gasteiger partial charge < -0.3 is 4.74 Å². The van der Waals surface area contributed by atoms with E-state index in [4.69, 9.17) is 0 Å². The first kappa shape index (κ1) is 16.2. The van der Waals surface area contributed by atoms with Crippen LogP contribution >= 0.6 is 22.6 Å². The Morgan fingerprint density at radius 1 is 1.11 bits per heavy atom. The molecule has 2 nitrogen and oxygen atoms in total. The summed E-state index contributed by atoms with van der Waals surface area (Å²) in [4.78, 5) is 2.60. The lowest BCUT2D eigenvalue weighted by Crippen LogP contribution is -2.20. The average Bonchev–Trinajstić information content (AvgIpc) is 2.16. The predicted molar refractivity (Wildman–Crippen MR) is 53.6 cm³/mol. The fourth-order valence-corrected chi connectivity index (χ4v) is 1.64. The number of aromatic nitrogens is 1. The van der Waals surface area contributed by atoms with Crippen molar-refractivity contribution < 1.29 is 39.9 Å². The second-order valence-corrected chi connectivity index (χ2v) is 4.13. The Morgan fingerprint density at radius 3 is 2.00 bits per heavy atom. The van der Waals surface area contributed by atoms with Gasteiger partial charge in [-0.25, -0.2) is 13.8 Å². The SMILES string of the molecule is FC(F)c1nc(C(F)(F)F)cc(OC(F)(F)F)c1I. The molecular weight excluding hydrogens is 405 g/mol. The molecule has 1 aromatic rings. The third kappa shape index (κ3) is 4.31. The molecule has 0 N–H and O–H groups in total. The van der Waals surface area contributed by atoms with Crippen LogP contribution in [0.1, 0.15) is 17.8 Å². The van der Waals surface area contributed by atoms with E-state index < -0.39 is 39.7 Å². The van der Waals surface area contributed by atoms with Crippen molar-refractivity contribution in [2.24, 2.45) is 0 Å². The molecule has 0 atom stereocenters. The third-order valence-corrected chi connectivity index (χ3v) is 2.76. The van der Waals surface area contributed by atoms with Gasteiger partial charge in [0.2, 0.25) is 0 Å². The Labute approximate surface area is 113 Å². The van der Waals surface area contributed by atoms with Crippen LogP contribution < -0.4 is 4.74 Å². The Morgan fingerprint density at radius 2 is 1.63 bits per heavy atom. The van der Waals surface area contributed by atoms with Crippen molar-refractivity contribution in [2.45, 2.75) is 19.0 Å². The maximum atomic E-state index is 12.4. The van der Waals surface area contributed by atoms with Crippen LogP contribution in [0.4, 0.5) is 35.1 Å². The van der Waals surface area contributed by atoms with Gasteiger partial charge in [-0.1, -0.05) is 0 Å². The number of alkyl halides is 8. The van der Waals surface area contributed by atoms with Crippen LogP contribution in [0.15, 0.2) is 6.07 Å². The first-order valence-corrected chi connectivity index (χ1v) is 5.31. The second-order valence-electron chi connectivity index (χ2n) is 3.05. The van der Waals surface area contributed by atoms with Crippen LogP contribution in [0.5, 0.6) is 5.75 Å². The standard InChI is InChI=1S/C8H2F8INO/c9-6(10)5-4(17)2(19-8(14,15)16)1-3(18-5)7(11,12)13/h1,6H. The van der Waals surface area contributed by atoms with Crippen LogP contribution in [0, 0.1) is 3.57 Å². The van der Waals surface area contributed by atoms with Crippen molar-refractivity contribution in [2.75, 3.05) is 0 Å². The van der Waals surface area contributed by atoms with Gasteiger partial charge in [-0.15, -0.1) is 13.2 Å². The van der Waals surface area contributed by atoms with Gasteiger partial charge in [-0.2, -0.15) is 13.2 Å². The topological polar surface area (TPSA) is 22.1 Å². The molecule has 0 aliphatic rings. The van der Waals surface area contributed by atoms with E-state index in [1.807, 2.05) is 0 Å². The molecule has 0 unspecified atom stereocenters. The molecule has 0 aliphatic carbocycles. The number of halogens is 9. The normalized spacial score (nSPS) is 12.9. The monoisotopic (exact) mass is 407 g/mol. The van der Waals surface area contributed by atoms with Crippen LogP contribution in [0.3, 0.4) is 0 Å². The van der Waals surface area contributed by atoms with Crippen LogP contribution in [-0.4, -0.2) is 11.3 Å². The number of hydrogen-bond donors (Lipinski definition) is 0. The van der Waals surface area contributed by atoms with Crippen molar-refractivity contribution in [1.82, 2.24) is 4.98 Å². The maximum Gasteiger partial charge on any atom is 0.573 e. The zero-order valence-electron chi connectivity index (χ0n) is 8.41. The van der Waals surface area contributed by atoms with Gasteiger partial charge in [0.15, 0.2) is 0 Å². The highest BCUT2D eigenvalue weighted by Crippen LogP contribution is 2.38. The highest BCUT2D eigenvalue weighted by molar-refractivity contribution is 14.1. The largest absolute Gasteiger partial charge is 0.573 e. The van der Waals surface area contributed by atoms with Gasteiger partial charge >= 0.3 is 12.5 Å². The highest BCUT2D eigenvalue weighted by atomic mass is 127. The van der Waals surface area contributed by atoms with Gasteiger partial charge in [0.25, 0.3) is 6.43 Å². The zero-order chi connectivity index (χ0) is 15.0. The van der Waals surface area contributed by atoms with Gasteiger partial charge in [0.1, 0.15) is 17.1 Å². The summed E-state index contributed by atoms with van der Waals surface area (Å²) >= 11 is 1.01. The summed E-state index contributed by atoms with van der Waals surface area (Å²) in [7, 11) is 0. The van der Waals surface area contributed by atoms with Crippen molar-refractivity contribution in [3.63, 3.8) is 0 Å². The van der Waals surface area contributed by atoms with Gasteiger partial charge in [0.05, 0.1) is 3.57 Å². The first-order chi connectivity index (χ1) is 8.42. The summed E-state index contributed by atoms with van der Waals surface area (Å²) in [6.45, 7) is 0. The Kier molecular flexibility index (Phi) is 4.47. The van der Waals surface area contributed by atoms with Crippen molar-refractivity contribution >= 4 is 22.6 Å². The average molecular weight is 407 g/mol. The molecule has 0 saturated carbocycles. The Hall–Kier alpha value is -0.880. The molecule has 0 aromatic carbocycles. The van der Waals surface area contributed by atoms with Crippen LogP contribution in [-0.2, 0) is 6.18 Å². The van der Waals surface area contributed by atoms with E-state index >= 15 is 0 Å². The number of rotatable bonds is 2. The fourth-order valence-electron chi connectivity index (χ4n) is 1.01. The smallest absolute Gasteiger partial charge is 0.405 e. The molecule has 19 heavy (non-hydrogen) atoms. The van der Waals surface area contributed by atoms with Crippen LogP contribution in [0.25, 0.3) is 0 Å². The molecule has 108 valence electrons. The zero-order valence-corrected chi connectivity index (χ0v) is 10.6. The van der Waals surface area contributed by atoms with E-state index in [1.165, 1.54) is 0 Å². The third-order valence-electron chi connectivity index (χ3n) is 1.67. The minimum atomic E-state index is -5.30. The lowest BCUT2D eigenvalue weighted by Gasteiger charge is -2.15. The fraction of sp³-hybridized carbons (Fsp3) is 0.375. The number of pyridine rings is 1. The summed E-state index contributed by atoms with van der Waals surface area (Å²) in [5, 5.41) is 0. The summed E-state index contributed by atoms with van der Waals surface area (Å²) in [5.74, 6) is -1.37. The summed E-state index contributed by atoms with van der Waals surface area (Å²) in [6.07, 6.45) is -13.9. The second kappa shape index (κ2) is 5.25. The molecule has 0 radical (unpaired) electrons. The molecule has 0 bridgehead atoms. The minimum absolute atomic E-state index is 0.0822. The highest BCUT2D eigenvalue weighted by Gasteiger charge is 2.38. The molecular formula is C8H2F8INO. The molecule has 0 aliphatic heterocycles. The van der Waals surface area contributed by atoms with E-state index in [1.54, 1.807) is 0 Å². The quantitative estimate of drug-likeness (QED) is 0.531. The van der Waals surface area contributed by atoms with E-state index in [2.05, 4.69) is 9.72 Å². The number of nitrogens with zero attached hydrogens (tertiary/aromatic N) is 1. The maximum absolute atomic E-state index is 12.4. The lowest BCUT2D eigenvalue weighted by molar-refractivity contribution is -0.275. The van der Waals surface area contributed by atoms with Crippen LogP contribution in [0.2, 0.25) is 0 Å². The molecule has 1 rings (SSSR count). The van der Waals surface area contributed by atoms with Crippen molar-refractivity contribution in [3.05, 3.63) is 21.0 Å². The molecule has 1 aromatic heterocycles. The molecule has 1 heterocycles. The number of hydrogen-bond acceptors (Lipinski definition) is 2. The minimum Gasteiger partial charge on any atom is -0.405 e. The number of ether oxygens (including phenoxy) is 1. The van der Waals surface area contributed by atoms with E-state index in [-0.39, 0.29) is 6.07 Å². The Balaban J connectivity index is 3.41. The molecule has 0 fully saturated rings. The molecule has 0 amide bonds. The van der Waals surface area contributed by atoms with Crippen molar-refractivity contribution in [1.29, 1.82) is 0 Å². The lowest BCUT2D eigenvalue weighted by atomic mass is 10.2.